The Morgan fingerprint density at radius 1 is 1.55 bits per heavy atom. The summed E-state index contributed by atoms with van der Waals surface area (Å²) < 4.78 is 5.16. The number of H-pyrrole nitrogens is 1. The number of methoxy groups -OCH3 is 1. The monoisotopic (exact) mass is 358 g/mol. The number of anilines is 1. The van der Waals surface area contributed by atoms with Gasteiger partial charge in [-0.05, 0) is 22.9 Å². The first-order valence-corrected chi connectivity index (χ1v) is 7.21. The number of nitrogens with zero attached hydrogens (tertiary/aromatic N) is 2. The summed E-state index contributed by atoms with van der Waals surface area (Å²) >= 11 is 4.51. The number of halogens is 1. The molecule has 0 aliphatic carbocycles. The normalized spacial score (nSPS) is 10.3. The number of hydrogen-bond donors (Lipinski definition) is 2. The van der Waals surface area contributed by atoms with Crippen molar-refractivity contribution in [3.63, 3.8) is 0 Å². The molecule has 2 rings (SSSR count). The first-order chi connectivity index (χ1) is 9.51. The van der Waals surface area contributed by atoms with Crippen LogP contribution >= 0.6 is 27.3 Å². The summed E-state index contributed by atoms with van der Waals surface area (Å²) in [5, 5.41) is 11.3. The molecule has 2 heterocycles. The van der Waals surface area contributed by atoms with Gasteiger partial charge in [-0.1, -0.05) is 0 Å². The van der Waals surface area contributed by atoms with Crippen molar-refractivity contribution in [3.8, 4) is 0 Å². The van der Waals surface area contributed by atoms with Crippen molar-refractivity contribution in [2.45, 2.75) is 13.3 Å². The smallest absolute Gasteiger partial charge is 0.311 e. The highest BCUT2D eigenvalue weighted by atomic mass is 79.9. The fraction of sp³-hybridized carbons (Fsp3) is 0.273. The molecule has 106 valence electrons. The molecule has 0 aromatic carbocycles. The Morgan fingerprint density at radius 3 is 2.90 bits per heavy atom. The molecule has 7 nitrogen and oxygen atoms in total. The van der Waals surface area contributed by atoms with E-state index in [0.29, 0.717) is 15.3 Å². The van der Waals surface area contributed by atoms with Crippen molar-refractivity contribution in [3.05, 3.63) is 26.9 Å². The van der Waals surface area contributed by atoms with Crippen LogP contribution in [-0.4, -0.2) is 34.2 Å². The maximum absolute atomic E-state index is 12.0. The van der Waals surface area contributed by atoms with Crippen LogP contribution in [-0.2, 0) is 16.0 Å². The molecule has 20 heavy (non-hydrogen) atoms. The number of esters is 1. The Hall–Kier alpha value is -1.74. The van der Waals surface area contributed by atoms with Crippen LogP contribution in [0, 0.1) is 6.92 Å². The molecule has 0 saturated carbocycles. The zero-order chi connectivity index (χ0) is 14.7. The molecule has 0 saturated heterocycles. The van der Waals surface area contributed by atoms with Gasteiger partial charge in [0.25, 0.3) is 5.91 Å². The predicted molar refractivity (Wildman–Crippen MR) is 76.8 cm³/mol. The second-order valence-corrected chi connectivity index (χ2v) is 5.51. The zero-order valence-corrected chi connectivity index (χ0v) is 13.1. The standard InChI is InChI=1S/C11H11BrN4O3S/c1-5-8(12)9(16-15-5)10(18)14-11-13-6(4-20-11)3-7(17)19-2/h4H,3H2,1-2H3,(H,15,16)(H,13,14,18). The second-order valence-electron chi connectivity index (χ2n) is 3.86. The number of aromatic nitrogens is 3. The second kappa shape index (κ2) is 6.14. The average Bonchev–Trinajstić information content (AvgIpc) is 2.98. The largest absolute Gasteiger partial charge is 0.469 e. The molecule has 1 amide bonds. The lowest BCUT2D eigenvalue weighted by Gasteiger charge is -1.98. The van der Waals surface area contributed by atoms with E-state index in [1.54, 1.807) is 12.3 Å². The molecule has 0 aliphatic heterocycles. The fourth-order valence-electron chi connectivity index (χ4n) is 1.39. The predicted octanol–water partition coefficient (Wildman–Crippen LogP) is 1.90. The van der Waals surface area contributed by atoms with Gasteiger partial charge in [-0.25, -0.2) is 4.98 Å². The van der Waals surface area contributed by atoms with Crippen molar-refractivity contribution < 1.29 is 14.3 Å². The Kier molecular flexibility index (Phi) is 4.50. The number of hydrogen-bond acceptors (Lipinski definition) is 6. The van der Waals surface area contributed by atoms with Crippen LogP contribution in [0.3, 0.4) is 0 Å². The molecular weight excluding hydrogens is 348 g/mol. The molecule has 2 aromatic heterocycles. The van der Waals surface area contributed by atoms with Crippen LogP contribution in [0.1, 0.15) is 21.9 Å². The van der Waals surface area contributed by atoms with E-state index >= 15 is 0 Å². The van der Waals surface area contributed by atoms with Crippen molar-refractivity contribution in [2.75, 3.05) is 12.4 Å². The van der Waals surface area contributed by atoms with Gasteiger partial charge in [0.2, 0.25) is 0 Å². The van der Waals surface area contributed by atoms with Gasteiger partial charge in [0, 0.05) is 11.1 Å². The van der Waals surface area contributed by atoms with E-state index in [9.17, 15) is 9.59 Å². The first-order valence-electron chi connectivity index (χ1n) is 5.54. The van der Waals surface area contributed by atoms with Crippen molar-refractivity contribution in [2.24, 2.45) is 0 Å². The number of carbonyl (C=O) groups is 2. The van der Waals surface area contributed by atoms with Crippen LogP contribution in [0.4, 0.5) is 5.13 Å². The lowest BCUT2D eigenvalue weighted by molar-refractivity contribution is -0.139. The van der Waals surface area contributed by atoms with Crippen molar-refractivity contribution >= 4 is 44.3 Å². The van der Waals surface area contributed by atoms with Gasteiger partial charge >= 0.3 is 5.97 Å². The summed E-state index contributed by atoms with van der Waals surface area (Å²) in [5.74, 6) is -0.751. The third-order valence-electron chi connectivity index (χ3n) is 2.41. The summed E-state index contributed by atoms with van der Waals surface area (Å²) in [6.45, 7) is 1.80. The highest BCUT2D eigenvalue weighted by molar-refractivity contribution is 9.10. The number of ether oxygens (including phenoxy) is 1. The van der Waals surface area contributed by atoms with Gasteiger partial charge in [-0.2, -0.15) is 5.10 Å². The molecule has 0 aliphatic rings. The van der Waals surface area contributed by atoms with Gasteiger partial charge in [0.05, 0.1) is 23.7 Å². The molecule has 2 aromatic rings. The molecule has 0 unspecified atom stereocenters. The number of carbonyl (C=O) groups excluding carboxylic acids is 2. The Morgan fingerprint density at radius 2 is 2.30 bits per heavy atom. The van der Waals surface area contributed by atoms with E-state index in [1.807, 2.05) is 0 Å². The molecule has 2 N–H and O–H groups in total. The maximum atomic E-state index is 12.0. The van der Waals surface area contributed by atoms with E-state index in [0.717, 1.165) is 5.69 Å². The average molecular weight is 359 g/mol. The van der Waals surface area contributed by atoms with Gasteiger partial charge in [-0.3, -0.25) is 20.0 Å². The van der Waals surface area contributed by atoms with Gasteiger partial charge in [-0.15, -0.1) is 11.3 Å². The van der Waals surface area contributed by atoms with Crippen LogP contribution in [0.25, 0.3) is 0 Å². The number of rotatable bonds is 4. The molecule has 0 bridgehead atoms. The fourth-order valence-corrected chi connectivity index (χ4v) is 2.45. The van der Waals surface area contributed by atoms with Gasteiger partial charge < -0.3 is 4.74 Å². The Balaban J connectivity index is 2.05. The Labute approximate surface area is 126 Å². The minimum absolute atomic E-state index is 0.0775. The summed E-state index contributed by atoms with van der Waals surface area (Å²) in [7, 11) is 1.31. The van der Waals surface area contributed by atoms with Crippen LogP contribution in [0.5, 0.6) is 0 Å². The molecule has 9 heteroatoms. The lowest BCUT2D eigenvalue weighted by atomic mass is 10.3. The maximum Gasteiger partial charge on any atom is 0.311 e. The summed E-state index contributed by atoms with van der Waals surface area (Å²) in [6.07, 6.45) is 0.0775. The van der Waals surface area contributed by atoms with Crippen LogP contribution < -0.4 is 5.32 Å². The van der Waals surface area contributed by atoms with Crippen molar-refractivity contribution in [1.29, 1.82) is 0 Å². The third kappa shape index (κ3) is 3.23. The van der Waals surface area contributed by atoms with Gasteiger partial charge in [0.1, 0.15) is 0 Å². The quantitative estimate of drug-likeness (QED) is 0.813. The van der Waals surface area contributed by atoms with E-state index in [-0.39, 0.29) is 24.0 Å². The van der Waals surface area contributed by atoms with E-state index < -0.39 is 0 Å². The zero-order valence-electron chi connectivity index (χ0n) is 10.7. The molecule has 0 atom stereocenters. The number of aryl methyl sites for hydroxylation is 1. The summed E-state index contributed by atoms with van der Waals surface area (Å²) in [5.41, 5.74) is 1.57. The first kappa shape index (κ1) is 14.7. The third-order valence-corrected chi connectivity index (χ3v) is 4.19. The number of nitrogens with one attached hydrogen (secondary N) is 2. The van der Waals surface area contributed by atoms with Crippen molar-refractivity contribution in [1.82, 2.24) is 15.2 Å². The molecule has 0 radical (unpaired) electrons. The van der Waals surface area contributed by atoms with E-state index in [1.165, 1.54) is 18.4 Å². The minimum atomic E-state index is -0.376. The number of thiazole rings is 1. The summed E-state index contributed by atoms with van der Waals surface area (Å²) in [6, 6.07) is 0. The van der Waals surface area contributed by atoms with Crippen LogP contribution in [0.15, 0.2) is 9.85 Å². The topological polar surface area (TPSA) is 97.0 Å². The lowest BCUT2D eigenvalue weighted by Crippen LogP contribution is -2.13. The molecule has 0 spiro atoms. The number of aromatic amines is 1. The highest BCUT2D eigenvalue weighted by Crippen LogP contribution is 2.21. The molecule has 0 fully saturated rings. The number of amides is 1. The minimum Gasteiger partial charge on any atom is -0.469 e. The highest BCUT2D eigenvalue weighted by Gasteiger charge is 2.17. The van der Waals surface area contributed by atoms with Gasteiger partial charge in [0.15, 0.2) is 10.8 Å². The Bertz CT molecular complexity index is 652. The van der Waals surface area contributed by atoms with E-state index in [2.05, 4.69) is 41.2 Å². The van der Waals surface area contributed by atoms with Crippen LogP contribution in [0.2, 0.25) is 0 Å². The van der Waals surface area contributed by atoms with E-state index in [4.69, 9.17) is 0 Å². The summed E-state index contributed by atoms with van der Waals surface area (Å²) in [4.78, 5) is 27.2. The SMILES string of the molecule is COC(=O)Cc1csc(NC(=O)c2n[nH]c(C)c2Br)n1. The molecular formula is C11H11BrN4O3S.